The summed E-state index contributed by atoms with van der Waals surface area (Å²) in [5.74, 6) is 0. The monoisotopic (exact) mass is 334 g/mol. The number of rotatable bonds is 1. The van der Waals surface area contributed by atoms with Gasteiger partial charge >= 0.3 is 0 Å². The smallest absolute Gasteiger partial charge is 0.105 e. The second-order valence-corrected chi connectivity index (χ2v) is 6.01. The summed E-state index contributed by atoms with van der Waals surface area (Å²) >= 11 is 7.95. The fourth-order valence-corrected chi connectivity index (χ4v) is 3.93. The van der Waals surface area contributed by atoms with Crippen LogP contribution < -0.4 is 5.32 Å². The van der Waals surface area contributed by atoms with E-state index < -0.39 is 0 Å². The third-order valence-corrected chi connectivity index (χ3v) is 5.05. The number of para-hydroxylation sites is 1. The minimum atomic E-state index is 0. The molecule has 3 aromatic rings. The largest absolute Gasteiger partial charge is 0.346 e. The van der Waals surface area contributed by atoms with Gasteiger partial charge in [-0.2, -0.15) is 0 Å². The van der Waals surface area contributed by atoms with Gasteiger partial charge in [0, 0.05) is 11.3 Å². The number of fused-ring (bicyclic) bond motifs is 2. The summed E-state index contributed by atoms with van der Waals surface area (Å²) in [7, 11) is 0. The van der Waals surface area contributed by atoms with Crippen LogP contribution in [0.3, 0.4) is 0 Å². The van der Waals surface area contributed by atoms with Crippen LogP contribution in [0.1, 0.15) is 17.2 Å². The molecule has 0 fully saturated rings. The number of nitrogens with one attached hydrogen (secondary N) is 1. The highest BCUT2D eigenvalue weighted by atomic mass is 35.5. The molecule has 0 spiro atoms. The molecule has 2 nitrogen and oxygen atoms in total. The highest BCUT2D eigenvalue weighted by molar-refractivity contribution is 7.18. The Balaban J connectivity index is 0.00000132. The number of hydrogen-bond donors (Lipinski definition) is 1. The van der Waals surface area contributed by atoms with Crippen molar-refractivity contribution in [2.45, 2.75) is 6.04 Å². The maximum atomic E-state index is 6.27. The summed E-state index contributed by atoms with van der Waals surface area (Å²) in [5, 5.41) is 7.37. The Kier molecular flexibility index (Phi) is 3.89. The molecule has 1 N–H and O–H groups in total. The van der Waals surface area contributed by atoms with E-state index in [0.29, 0.717) is 0 Å². The molecule has 1 aromatic heterocycles. The van der Waals surface area contributed by atoms with Crippen LogP contribution in [-0.4, -0.2) is 6.34 Å². The number of benzene rings is 2. The summed E-state index contributed by atoms with van der Waals surface area (Å²) in [6, 6.07) is 14.4. The van der Waals surface area contributed by atoms with Gasteiger partial charge in [0.2, 0.25) is 0 Å². The summed E-state index contributed by atoms with van der Waals surface area (Å²) in [4.78, 5) is 4.62. The molecule has 0 saturated carbocycles. The molecular formula is C16H12Cl2N2S. The van der Waals surface area contributed by atoms with Gasteiger partial charge in [-0.15, -0.1) is 23.7 Å². The molecule has 4 rings (SSSR count). The van der Waals surface area contributed by atoms with Crippen LogP contribution in [0.4, 0.5) is 5.69 Å². The Morgan fingerprint density at radius 3 is 2.81 bits per heavy atom. The van der Waals surface area contributed by atoms with Gasteiger partial charge in [0.1, 0.15) is 6.04 Å². The van der Waals surface area contributed by atoms with Crippen molar-refractivity contribution in [3.8, 4) is 0 Å². The number of aliphatic imine (C=N–C) groups is 1. The van der Waals surface area contributed by atoms with Crippen molar-refractivity contribution in [3.63, 3.8) is 0 Å². The Morgan fingerprint density at radius 1 is 1.05 bits per heavy atom. The molecule has 0 amide bonds. The predicted octanol–water partition coefficient (Wildman–Crippen LogP) is 5.52. The van der Waals surface area contributed by atoms with Crippen molar-refractivity contribution < 1.29 is 0 Å². The van der Waals surface area contributed by atoms with Crippen LogP contribution >= 0.6 is 35.3 Å². The first-order valence-corrected chi connectivity index (χ1v) is 7.63. The first-order valence-electron chi connectivity index (χ1n) is 6.37. The van der Waals surface area contributed by atoms with Crippen molar-refractivity contribution in [1.29, 1.82) is 0 Å². The lowest BCUT2D eigenvalue weighted by Gasteiger charge is -2.20. The van der Waals surface area contributed by atoms with Gasteiger partial charge in [0.05, 0.1) is 16.1 Å². The number of hydrogen-bond acceptors (Lipinski definition) is 3. The molecule has 1 atom stereocenters. The molecule has 21 heavy (non-hydrogen) atoms. The second-order valence-electron chi connectivity index (χ2n) is 4.72. The van der Waals surface area contributed by atoms with Gasteiger partial charge in [-0.3, -0.25) is 4.99 Å². The summed E-state index contributed by atoms with van der Waals surface area (Å²) in [5.41, 5.74) is 3.54. The predicted molar refractivity (Wildman–Crippen MR) is 94.5 cm³/mol. The van der Waals surface area contributed by atoms with Gasteiger partial charge in [-0.1, -0.05) is 41.9 Å². The SMILES string of the molecule is Cl.Clc1cccc2c(C3N=CNc4ccccc43)csc12. The number of halogens is 2. The van der Waals surface area contributed by atoms with Crippen LogP contribution in [-0.2, 0) is 0 Å². The first kappa shape index (κ1) is 14.4. The maximum Gasteiger partial charge on any atom is 0.105 e. The Morgan fingerprint density at radius 2 is 1.90 bits per heavy atom. The van der Waals surface area contributed by atoms with Crippen molar-refractivity contribution in [2.24, 2.45) is 4.99 Å². The molecule has 1 aliphatic heterocycles. The van der Waals surface area contributed by atoms with E-state index in [-0.39, 0.29) is 18.4 Å². The molecule has 106 valence electrons. The minimum Gasteiger partial charge on any atom is -0.346 e. The van der Waals surface area contributed by atoms with Crippen molar-refractivity contribution in [3.05, 3.63) is 64.0 Å². The lowest BCUT2D eigenvalue weighted by Crippen LogP contribution is -2.10. The highest BCUT2D eigenvalue weighted by Gasteiger charge is 2.22. The van der Waals surface area contributed by atoms with E-state index in [0.717, 1.165) is 15.4 Å². The highest BCUT2D eigenvalue weighted by Crippen LogP contribution is 2.41. The summed E-state index contributed by atoms with van der Waals surface area (Å²) in [6.45, 7) is 0. The Labute approximate surface area is 137 Å². The standard InChI is InChI=1S/C16H11ClN2S.ClH/c17-13-6-3-5-10-12(8-20-16(10)13)15-11-4-1-2-7-14(11)18-9-19-15;/h1-9,15H,(H,18,19);1H. The lowest BCUT2D eigenvalue weighted by atomic mass is 9.96. The number of anilines is 1. The molecule has 1 aliphatic rings. The van der Waals surface area contributed by atoms with E-state index in [1.165, 1.54) is 16.5 Å². The van der Waals surface area contributed by atoms with Crippen LogP contribution in [0.2, 0.25) is 5.02 Å². The van der Waals surface area contributed by atoms with Crippen molar-refractivity contribution in [2.75, 3.05) is 5.32 Å². The summed E-state index contributed by atoms with van der Waals surface area (Å²) < 4.78 is 1.13. The van der Waals surface area contributed by atoms with Gasteiger partial charge < -0.3 is 5.32 Å². The molecule has 0 radical (unpaired) electrons. The van der Waals surface area contributed by atoms with Gasteiger partial charge in [0.15, 0.2) is 0 Å². The third kappa shape index (κ3) is 2.31. The normalized spacial score (nSPS) is 16.1. The zero-order valence-electron chi connectivity index (χ0n) is 10.9. The van der Waals surface area contributed by atoms with Gasteiger partial charge in [-0.05, 0) is 28.5 Å². The Bertz CT molecular complexity index is 826. The van der Waals surface area contributed by atoms with Gasteiger partial charge in [0.25, 0.3) is 0 Å². The Hall–Kier alpha value is -1.55. The van der Waals surface area contributed by atoms with E-state index in [1.807, 2.05) is 18.2 Å². The summed E-state index contributed by atoms with van der Waals surface area (Å²) in [6.07, 6.45) is 1.78. The average molecular weight is 335 g/mol. The van der Waals surface area contributed by atoms with Crippen LogP contribution in [0.25, 0.3) is 10.1 Å². The molecular weight excluding hydrogens is 323 g/mol. The molecule has 1 unspecified atom stereocenters. The van der Waals surface area contributed by atoms with Crippen molar-refractivity contribution >= 4 is 57.5 Å². The fourth-order valence-electron chi connectivity index (χ4n) is 2.63. The lowest BCUT2D eigenvalue weighted by molar-refractivity contribution is 0.883. The van der Waals surface area contributed by atoms with Crippen LogP contribution in [0, 0.1) is 0 Å². The second kappa shape index (κ2) is 5.68. The average Bonchev–Trinajstić information content (AvgIpc) is 2.92. The van der Waals surface area contributed by atoms with Crippen LogP contribution in [0.5, 0.6) is 0 Å². The molecule has 5 heteroatoms. The van der Waals surface area contributed by atoms with E-state index >= 15 is 0 Å². The van der Waals surface area contributed by atoms with Crippen LogP contribution in [0.15, 0.2) is 52.8 Å². The first-order chi connectivity index (χ1) is 9.84. The van der Waals surface area contributed by atoms with E-state index in [9.17, 15) is 0 Å². The van der Waals surface area contributed by atoms with E-state index in [2.05, 4.69) is 40.0 Å². The van der Waals surface area contributed by atoms with Gasteiger partial charge in [-0.25, -0.2) is 0 Å². The zero-order valence-corrected chi connectivity index (χ0v) is 13.3. The number of nitrogens with zero attached hydrogens (tertiary/aromatic N) is 1. The number of thiophene rings is 1. The van der Waals surface area contributed by atoms with Crippen molar-refractivity contribution in [1.82, 2.24) is 0 Å². The molecule has 0 aliphatic carbocycles. The molecule has 0 saturated heterocycles. The molecule has 0 bridgehead atoms. The molecule has 2 heterocycles. The maximum absolute atomic E-state index is 6.27. The third-order valence-electron chi connectivity index (χ3n) is 3.58. The quantitative estimate of drug-likeness (QED) is 0.622. The minimum absolute atomic E-state index is 0. The molecule has 2 aromatic carbocycles. The van der Waals surface area contributed by atoms with E-state index in [4.69, 9.17) is 11.6 Å². The fraction of sp³-hybridized carbons (Fsp3) is 0.0625. The van der Waals surface area contributed by atoms with E-state index in [1.54, 1.807) is 17.7 Å². The topological polar surface area (TPSA) is 24.4 Å². The zero-order chi connectivity index (χ0) is 13.5.